The first kappa shape index (κ1) is 13.3. The summed E-state index contributed by atoms with van der Waals surface area (Å²) in [5.74, 6) is 0.00989. The third kappa shape index (κ3) is 2.35. The minimum Gasteiger partial charge on any atom is -0.338 e. The number of aromatic nitrogens is 2. The summed E-state index contributed by atoms with van der Waals surface area (Å²) >= 11 is 1.44. The molecule has 0 spiro atoms. The monoisotopic (exact) mass is 291 g/mol. The van der Waals surface area contributed by atoms with Crippen LogP contribution in [0.4, 0.5) is 0 Å². The van der Waals surface area contributed by atoms with Gasteiger partial charge in [0.1, 0.15) is 11.4 Å². The molecule has 1 atom stereocenters. The molecule has 1 aliphatic rings. The summed E-state index contributed by atoms with van der Waals surface area (Å²) in [7, 11) is 0. The molecule has 2 aromatic heterocycles. The highest BCUT2D eigenvalue weighted by atomic mass is 32.1. The first-order chi connectivity index (χ1) is 9.66. The van der Waals surface area contributed by atoms with Crippen molar-refractivity contribution in [1.29, 1.82) is 0 Å². The van der Waals surface area contributed by atoms with Crippen molar-refractivity contribution < 1.29 is 4.79 Å². The third-order valence-corrected chi connectivity index (χ3v) is 4.70. The fourth-order valence-electron chi connectivity index (χ4n) is 2.71. The lowest BCUT2D eigenvalue weighted by Crippen LogP contribution is -2.44. The van der Waals surface area contributed by atoms with Crippen molar-refractivity contribution in [1.82, 2.24) is 14.5 Å². The number of carbonyl (C=O) groups excluding carboxylic acids is 1. The first-order valence-electron chi connectivity index (χ1n) is 6.89. The Morgan fingerprint density at radius 2 is 2.35 bits per heavy atom. The molecule has 3 heterocycles. The Kier molecular flexibility index (Phi) is 3.56. The maximum absolute atomic E-state index is 12.3. The molecule has 1 aliphatic heterocycles. The van der Waals surface area contributed by atoms with E-state index in [0.717, 1.165) is 24.2 Å². The summed E-state index contributed by atoms with van der Waals surface area (Å²) < 4.78 is 1.42. The van der Waals surface area contributed by atoms with Gasteiger partial charge in [0, 0.05) is 12.6 Å². The number of rotatable bonds is 2. The minimum atomic E-state index is -0.130. The van der Waals surface area contributed by atoms with Crippen LogP contribution < -0.4 is 5.56 Å². The van der Waals surface area contributed by atoms with Crippen molar-refractivity contribution in [2.45, 2.75) is 38.8 Å². The van der Waals surface area contributed by atoms with Crippen LogP contribution >= 0.6 is 11.3 Å². The van der Waals surface area contributed by atoms with E-state index in [1.807, 2.05) is 10.3 Å². The average molecular weight is 291 g/mol. The van der Waals surface area contributed by atoms with Gasteiger partial charge in [-0.25, -0.2) is 4.98 Å². The molecular weight excluding hydrogens is 274 g/mol. The van der Waals surface area contributed by atoms with Gasteiger partial charge >= 0.3 is 0 Å². The maximum Gasteiger partial charge on any atom is 0.262 e. The standard InChI is InChI=1S/C14H17N3O2S/c1-10-4-2-3-6-17(10)12(18)8-16-9-15-13-11(14(16)19)5-7-20-13/h5,7,9-10H,2-4,6,8H2,1H3/t10-/m0/s1. The molecule has 1 fully saturated rings. The second-order valence-corrected chi connectivity index (χ2v) is 6.14. The lowest BCUT2D eigenvalue weighted by atomic mass is 10.0. The van der Waals surface area contributed by atoms with Crippen molar-refractivity contribution >= 4 is 27.5 Å². The maximum atomic E-state index is 12.3. The topological polar surface area (TPSA) is 55.2 Å². The zero-order chi connectivity index (χ0) is 14.1. The zero-order valence-electron chi connectivity index (χ0n) is 11.4. The molecule has 0 N–H and O–H groups in total. The molecule has 3 rings (SSSR count). The van der Waals surface area contributed by atoms with Crippen LogP contribution in [0.15, 0.2) is 22.6 Å². The van der Waals surface area contributed by atoms with Gasteiger partial charge in [-0.2, -0.15) is 0 Å². The molecule has 5 nitrogen and oxygen atoms in total. The molecule has 1 saturated heterocycles. The Bertz CT molecular complexity index is 691. The predicted molar refractivity (Wildman–Crippen MR) is 78.9 cm³/mol. The van der Waals surface area contributed by atoms with Gasteiger partial charge in [-0.1, -0.05) is 0 Å². The molecular formula is C14H17N3O2S. The van der Waals surface area contributed by atoms with Crippen LogP contribution in [0, 0.1) is 0 Å². The Balaban J connectivity index is 1.83. The van der Waals surface area contributed by atoms with Crippen LogP contribution in [-0.4, -0.2) is 32.9 Å². The van der Waals surface area contributed by atoms with Crippen molar-refractivity contribution in [3.63, 3.8) is 0 Å². The average Bonchev–Trinajstić information content (AvgIpc) is 2.91. The Morgan fingerprint density at radius 1 is 1.50 bits per heavy atom. The largest absolute Gasteiger partial charge is 0.338 e. The van der Waals surface area contributed by atoms with Gasteiger partial charge in [-0.3, -0.25) is 14.2 Å². The van der Waals surface area contributed by atoms with Gasteiger partial charge in [0.2, 0.25) is 5.91 Å². The van der Waals surface area contributed by atoms with Gasteiger partial charge < -0.3 is 4.90 Å². The molecule has 2 aromatic rings. The van der Waals surface area contributed by atoms with E-state index in [1.54, 1.807) is 6.07 Å². The van der Waals surface area contributed by atoms with Crippen molar-refractivity contribution in [2.75, 3.05) is 6.54 Å². The molecule has 0 radical (unpaired) electrons. The van der Waals surface area contributed by atoms with E-state index in [9.17, 15) is 9.59 Å². The SMILES string of the molecule is C[C@H]1CCCCN1C(=O)Cn1cnc2sccc2c1=O. The van der Waals surface area contributed by atoms with Crippen molar-refractivity contribution in [3.05, 3.63) is 28.1 Å². The highest BCUT2D eigenvalue weighted by molar-refractivity contribution is 7.16. The highest BCUT2D eigenvalue weighted by Gasteiger charge is 2.23. The number of amides is 1. The van der Waals surface area contributed by atoms with Crippen molar-refractivity contribution in [3.8, 4) is 0 Å². The van der Waals surface area contributed by atoms with Gasteiger partial charge in [-0.05, 0) is 37.6 Å². The number of hydrogen-bond acceptors (Lipinski definition) is 4. The second-order valence-electron chi connectivity index (χ2n) is 5.25. The van der Waals surface area contributed by atoms with Crippen LogP contribution in [0.1, 0.15) is 26.2 Å². The van der Waals surface area contributed by atoms with E-state index >= 15 is 0 Å². The van der Waals surface area contributed by atoms with Gasteiger partial charge in [0.15, 0.2) is 0 Å². The lowest BCUT2D eigenvalue weighted by Gasteiger charge is -2.33. The molecule has 0 aliphatic carbocycles. The van der Waals surface area contributed by atoms with Gasteiger partial charge in [-0.15, -0.1) is 11.3 Å². The number of fused-ring (bicyclic) bond motifs is 1. The number of carbonyl (C=O) groups is 1. The Labute approximate surface area is 120 Å². The predicted octanol–water partition coefficient (Wildman–Crippen LogP) is 1.86. The highest BCUT2D eigenvalue weighted by Crippen LogP contribution is 2.17. The molecule has 1 amide bonds. The summed E-state index contributed by atoms with van der Waals surface area (Å²) in [6.07, 6.45) is 4.75. The lowest BCUT2D eigenvalue weighted by molar-refractivity contribution is -0.135. The summed E-state index contributed by atoms with van der Waals surface area (Å²) in [6, 6.07) is 2.03. The fourth-order valence-corrected chi connectivity index (χ4v) is 3.43. The normalized spacial score (nSPS) is 19.4. The summed E-state index contributed by atoms with van der Waals surface area (Å²) in [5, 5.41) is 2.44. The molecule has 6 heteroatoms. The molecule has 0 saturated carbocycles. The minimum absolute atomic E-state index is 0.00989. The van der Waals surface area contributed by atoms with Crippen LogP contribution in [0.3, 0.4) is 0 Å². The number of piperidine rings is 1. The van der Waals surface area contributed by atoms with Crippen LogP contribution in [0.2, 0.25) is 0 Å². The van der Waals surface area contributed by atoms with E-state index in [1.165, 1.54) is 28.7 Å². The smallest absolute Gasteiger partial charge is 0.262 e. The molecule has 0 unspecified atom stereocenters. The van der Waals surface area contributed by atoms with E-state index in [0.29, 0.717) is 5.39 Å². The zero-order valence-corrected chi connectivity index (χ0v) is 12.2. The fraction of sp³-hybridized carbons (Fsp3) is 0.500. The number of nitrogens with zero attached hydrogens (tertiary/aromatic N) is 3. The summed E-state index contributed by atoms with van der Waals surface area (Å²) in [6.45, 7) is 2.95. The van der Waals surface area contributed by atoms with Crippen LogP contribution in [0.25, 0.3) is 10.2 Å². The molecule has 106 valence electrons. The third-order valence-electron chi connectivity index (χ3n) is 3.88. The number of likely N-dealkylation sites (tertiary alicyclic amines) is 1. The van der Waals surface area contributed by atoms with Gasteiger partial charge in [0.05, 0.1) is 11.7 Å². The second kappa shape index (κ2) is 5.36. The van der Waals surface area contributed by atoms with Crippen molar-refractivity contribution in [2.24, 2.45) is 0 Å². The van der Waals surface area contributed by atoms with Gasteiger partial charge in [0.25, 0.3) is 5.56 Å². The van der Waals surface area contributed by atoms with E-state index in [-0.39, 0.29) is 24.1 Å². The number of hydrogen-bond donors (Lipinski definition) is 0. The summed E-state index contributed by atoms with van der Waals surface area (Å²) in [5.41, 5.74) is -0.130. The van der Waals surface area contributed by atoms with E-state index in [2.05, 4.69) is 11.9 Å². The van der Waals surface area contributed by atoms with E-state index in [4.69, 9.17) is 0 Å². The van der Waals surface area contributed by atoms with Crippen LogP contribution in [0.5, 0.6) is 0 Å². The molecule has 0 aromatic carbocycles. The first-order valence-corrected chi connectivity index (χ1v) is 7.77. The van der Waals surface area contributed by atoms with E-state index < -0.39 is 0 Å². The Morgan fingerprint density at radius 3 is 3.15 bits per heavy atom. The van der Waals surface area contributed by atoms with Crippen LogP contribution in [-0.2, 0) is 11.3 Å². The Hall–Kier alpha value is -1.69. The quantitative estimate of drug-likeness (QED) is 0.848. The summed E-state index contributed by atoms with van der Waals surface area (Å²) in [4.78, 5) is 31.4. The number of thiophene rings is 1. The molecule has 20 heavy (non-hydrogen) atoms. The molecule has 0 bridgehead atoms.